The largest absolute Gasteiger partial charge is 0.381 e. The number of rotatable bonds is 3. The first-order valence-corrected chi connectivity index (χ1v) is 9.50. The molecule has 0 saturated carbocycles. The first kappa shape index (κ1) is 16.6. The predicted molar refractivity (Wildman–Crippen MR) is 101 cm³/mol. The molecule has 2 aromatic carbocycles. The first-order chi connectivity index (χ1) is 12.4. The molecule has 3 aromatic rings. The fraction of sp³-hybridized carbons (Fsp3) is 0.0588. The van der Waals surface area contributed by atoms with E-state index < -0.39 is 10.2 Å². The number of nitrogens with zero attached hydrogens (tertiary/aromatic N) is 3. The van der Waals surface area contributed by atoms with E-state index >= 15 is 0 Å². The van der Waals surface area contributed by atoms with Gasteiger partial charge in [-0.2, -0.15) is 8.42 Å². The number of H-pyrrole nitrogens is 1. The molecule has 7 nitrogen and oxygen atoms in total. The molecule has 2 heterocycles. The van der Waals surface area contributed by atoms with Crippen LogP contribution in [0.5, 0.6) is 0 Å². The minimum atomic E-state index is -3.98. The molecule has 1 aliphatic rings. The number of halogens is 1. The Balaban J connectivity index is 1.80. The molecule has 0 radical (unpaired) electrons. The molecule has 132 valence electrons. The molecule has 0 bridgehead atoms. The second-order valence-corrected chi connectivity index (χ2v) is 7.69. The molecule has 4 rings (SSSR count). The standard InChI is InChI=1S/C17H14ClN5O2S/c18-13-8-6-11(7-9-13)10-23-17-14(15(19)22-26(23,24)25)20-16(21-17)12-4-2-1-3-5-12/h1-9H,10H2,(H2,19,22)(H,20,21). The lowest BCUT2D eigenvalue weighted by Gasteiger charge is -2.24. The number of anilines is 1. The molecule has 0 saturated heterocycles. The summed E-state index contributed by atoms with van der Waals surface area (Å²) < 4.78 is 29.9. The molecule has 0 unspecified atom stereocenters. The number of imidazole rings is 1. The van der Waals surface area contributed by atoms with Crippen LogP contribution in [0.1, 0.15) is 11.3 Å². The summed E-state index contributed by atoms with van der Waals surface area (Å²) in [4.78, 5) is 7.53. The van der Waals surface area contributed by atoms with Gasteiger partial charge in [0.05, 0.1) is 6.54 Å². The Morgan fingerprint density at radius 2 is 1.77 bits per heavy atom. The van der Waals surface area contributed by atoms with E-state index in [1.807, 2.05) is 30.3 Å². The summed E-state index contributed by atoms with van der Waals surface area (Å²) in [5.74, 6) is 0.639. The van der Waals surface area contributed by atoms with Crippen molar-refractivity contribution >= 4 is 33.5 Å². The Morgan fingerprint density at radius 3 is 2.46 bits per heavy atom. The Kier molecular flexibility index (Phi) is 3.93. The van der Waals surface area contributed by atoms with Crippen molar-refractivity contribution in [3.63, 3.8) is 0 Å². The minimum Gasteiger partial charge on any atom is -0.381 e. The van der Waals surface area contributed by atoms with Crippen LogP contribution in [0.2, 0.25) is 5.02 Å². The van der Waals surface area contributed by atoms with E-state index in [-0.39, 0.29) is 18.2 Å². The summed E-state index contributed by atoms with van der Waals surface area (Å²) in [6.45, 7) is 0.0718. The molecule has 1 aromatic heterocycles. The van der Waals surface area contributed by atoms with Gasteiger partial charge in [-0.15, -0.1) is 4.40 Å². The van der Waals surface area contributed by atoms with Gasteiger partial charge in [0.25, 0.3) is 0 Å². The third-order valence-electron chi connectivity index (χ3n) is 3.96. The maximum atomic E-state index is 12.6. The van der Waals surface area contributed by atoms with Crippen LogP contribution in [0.15, 0.2) is 59.0 Å². The number of aromatic nitrogens is 2. The predicted octanol–water partition coefficient (Wildman–Crippen LogP) is 2.70. The summed E-state index contributed by atoms with van der Waals surface area (Å²) in [5, 5.41) is 0.573. The van der Waals surface area contributed by atoms with Crippen LogP contribution in [0.4, 0.5) is 5.82 Å². The SMILES string of the molecule is NC1=NS(=O)(=O)N(Cc2ccc(Cl)cc2)c2nc(-c3ccccc3)[nH]c21. The van der Waals surface area contributed by atoms with E-state index in [1.165, 1.54) is 0 Å². The van der Waals surface area contributed by atoms with Crippen molar-refractivity contribution < 1.29 is 8.42 Å². The molecular weight excluding hydrogens is 374 g/mol. The Hall–Kier alpha value is -2.84. The van der Waals surface area contributed by atoms with Crippen molar-refractivity contribution in [1.82, 2.24) is 9.97 Å². The number of nitrogens with one attached hydrogen (secondary N) is 1. The molecule has 0 atom stereocenters. The van der Waals surface area contributed by atoms with Gasteiger partial charge in [-0.1, -0.05) is 54.1 Å². The summed E-state index contributed by atoms with van der Waals surface area (Å²) in [6.07, 6.45) is 0. The van der Waals surface area contributed by atoms with Gasteiger partial charge >= 0.3 is 10.2 Å². The van der Waals surface area contributed by atoms with Gasteiger partial charge in [-0.05, 0) is 17.7 Å². The van der Waals surface area contributed by atoms with Crippen LogP contribution in [0.3, 0.4) is 0 Å². The van der Waals surface area contributed by atoms with Crippen molar-refractivity contribution in [2.24, 2.45) is 10.1 Å². The molecule has 26 heavy (non-hydrogen) atoms. The van der Waals surface area contributed by atoms with E-state index in [0.717, 1.165) is 15.4 Å². The third-order valence-corrected chi connectivity index (χ3v) is 5.49. The highest BCUT2D eigenvalue weighted by Gasteiger charge is 2.34. The van der Waals surface area contributed by atoms with E-state index in [4.69, 9.17) is 17.3 Å². The fourth-order valence-electron chi connectivity index (χ4n) is 2.70. The van der Waals surface area contributed by atoms with Crippen LogP contribution in [0.25, 0.3) is 11.4 Å². The smallest absolute Gasteiger partial charge is 0.348 e. The average Bonchev–Trinajstić information content (AvgIpc) is 3.06. The van der Waals surface area contributed by atoms with Gasteiger partial charge in [0.2, 0.25) is 0 Å². The molecule has 0 amide bonds. The number of aromatic amines is 1. The Labute approximate surface area is 155 Å². The number of nitrogens with two attached hydrogens (primary N) is 1. The lowest BCUT2D eigenvalue weighted by molar-refractivity contribution is 0.591. The van der Waals surface area contributed by atoms with Crippen LogP contribution >= 0.6 is 11.6 Å². The number of hydrogen-bond donors (Lipinski definition) is 2. The maximum absolute atomic E-state index is 12.6. The second-order valence-electron chi connectivity index (χ2n) is 5.74. The van der Waals surface area contributed by atoms with E-state index in [9.17, 15) is 8.42 Å². The van der Waals surface area contributed by atoms with Gasteiger partial charge in [0, 0.05) is 10.6 Å². The fourth-order valence-corrected chi connectivity index (χ4v) is 3.92. The van der Waals surface area contributed by atoms with Gasteiger partial charge in [-0.3, -0.25) is 0 Å². The molecule has 3 N–H and O–H groups in total. The quantitative estimate of drug-likeness (QED) is 0.720. The van der Waals surface area contributed by atoms with Crippen molar-refractivity contribution in [3.05, 3.63) is 70.9 Å². The topological polar surface area (TPSA) is 104 Å². The highest BCUT2D eigenvalue weighted by molar-refractivity contribution is 7.91. The molecule has 0 aliphatic carbocycles. The normalized spacial score (nSPS) is 15.4. The Bertz CT molecular complexity index is 1090. The number of amidine groups is 1. The minimum absolute atomic E-state index is 0.0718. The van der Waals surface area contributed by atoms with Crippen LogP contribution in [0, 0.1) is 0 Å². The number of hydrogen-bond acceptors (Lipinski definition) is 4. The average molecular weight is 388 g/mol. The maximum Gasteiger partial charge on any atom is 0.348 e. The highest BCUT2D eigenvalue weighted by atomic mass is 35.5. The summed E-state index contributed by atoms with van der Waals surface area (Å²) in [7, 11) is -3.98. The number of fused-ring (bicyclic) bond motifs is 1. The molecule has 1 aliphatic heterocycles. The van der Waals surface area contributed by atoms with Gasteiger partial charge in [-0.25, -0.2) is 9.29 Å². The second kappa shape index (κ2) is 6.15. The highest BCUT2D eigenvalue weighted by Crippen LogP contribution is 2.31. The third kappa shape index (κ3) is 2.93. The monoisotopic (exact) mass is 387 g/mol. The zero-order valence-electron chi connectivity index (χ0n) is 13.4. The molecule has 0 spiro atoms. The van der Waals surface area contributed by atoms with Crippen molar-refractivity contribution in [2.75, 3.05) is 4.31 Å². The molecule has 9 heteroatoms. The van der Waals surface area contributed by atoms with Gasteiger partial charge in [0.15, 0.2) is 11.7 Å². The van der Waals surface area contributed by atoms with Crippen molar-refractivity contribution in [3.8, 4) is 11.4 Å². The van der Waals surface area contributed by atoms with E-state index in [1.54, 1.807) is 24.3 Å². The van der Waals surface area contributed by atoms with Gasteiger partial charge in [0.1, 0.15) is 11.5 Å². The summed E-state index contributed by atoms with van der Waals surface area (Å²) >= 11 is 5.89. The zero-order valence-corrected chi connectivity index (χ0v) is 15.0. The Morgan fingerprint density at radius 1 is 1.08 bits per heavy atom. The van der Waals surface area contributed by atoms with Crippen LogP contribution < -0.4 is 10.0 Å². The number of benzene rings is 2. The lowest BCUT2D eigenvalue weighted by atomic mass is 10.2. The lowest BCUT2D eigenvalue weighted by Crippen LogP contribution is -2.36. The van der Waals surface area contributed by atoms with Crippen molar-refractivity contribution in [2.45, 2.75) is 6.54 Å². The summed E-state index contributed by atoms with van der Waals surface area (Å²) in [6, 6.07) is 16.3. The molecular formula is C17H14ClN5O2S. The zero-order chi connectivity index (χ0) is 18.3. The molecule has 0 fully saturated rings. The van der Waals surface area contributed by atoms with Crippen LogP contribution in [-0.2, 0) is 16.8 Å². The van der Waals surface area contributed by atoms with E-state index in [0.29, 0.717) is 16.5 Å². The van der Waals surface area contributed by atoms with E-state index in [2.05, 4.69) is 14.4 Å². The van der Waals surface area contributed by atoms with Crippen molar-refractivity contribution in [1.29, 1.82) is 0 Å². The summed E-state index contributed by atoms with van der Waals surface area (Å²) in [5.41, 5.74) is 7.80. The first-order valence-electron chi connectivity index (χ1n) is 7.72. The van der Waals surface area contributed by atoms with Crippen LogP contribution in [-0.4, -0.2) is 24.2 Å². The van der Waals surface area contributed by atoms with Gasteiger partial charge < -0.3 is 10.7 Å².